The summed E-state index contributed by atoms with van der Waals surface area (Å²) in [5.74, 6) is 2.92. The van der Waals surface area contributed by atoms with Crippen molar-refractivity contribution >= 4 is 5.97 Å². The van der Waals surface area contributed by atoms with Gasteiger partial charge in [0.15, 0.2) is 0 Å². The van der Waals surface area contributed by atoms with E-state index in [-0.39, 0.29) is 23.6 Å². The topological polar surface area (TPSA) is 46.5 Å². The average Bonchev–Trinajstić information content (AvgIpc) is 2.83. The van der Waals surface area contributed by atoms with Gasteiger partial charge < -0.3 is 9.84 Å². The lowest BCUT2D eigenvalue weighted by atomic mass is 9.52. The van der Waals surface area contributed by atoms with Crippen LogP contribution in [0.5, 0.6) is 0 Å². The molecule has 0 aromatic carbocycles. The van der Waals surface area contributed by atoms with Crippen LogP contribution in [-0.4, -0.2) is 23.3 Å². The Morgan fingerprint density at radius 2 is 2.00 bits per heavy atom. The zero-order valence-electron chi connectivity index (χ0n) is 14.5. The van der Waals surface area contributed by atoms with E-state index in [1.807, 2.05) is 0 Å². The Morgan fingerprint density at radius 3 is 2.78 bits per heavy atom. The zero-order chi connectivity index (χ0) is 16.2. The molecule has 0 saturated heterocycles. The number of allylic oxidation sites excluding steroid dienone is 1. The molecule has 4 aliphatic carbocycles. The van der Waals surface area contributed by atoms with Crippen LogP contribution in [0, 0.1) is 29.1 Å². The lowest BCUT2D eigenvalue weighted by Gasteiger charge is -2.53. The number of esters is 1. The Kier molecular flexibility index (Phi) is 3.83. The van der Waals surface area contributed by atoms with Gasteiger partial charge in [-0.25, -0.2) is 0 Å². The Morgan fingerprint density at radius 1 is 1.17 bits per heavy atom. The van der Waals surface area contributed by atoms with Crippen molar-refractivity contribution in [2.75, 3.05) is 0 Å². The summed E-state index contributed by atoms with van der Waals surface area (Å²) in [7, 11) is 0. The van der Waals surface area contributed by atoms with Crippen LogP contribution in [0.2, 0.25) is 0 Å². The Labute approximate surface area is 139 Å². The molecule has 0 bridgehead atoms. The van der Waals surface area contributed by atoms with Crippen molar-refractivity contribution < 1.29 is 14.6 Å². The van der Waals surface area contributed by atoms with Crippen LogP contribution in [0.3, 0.4) is 0 Å². The van der Waals surface area contributed by atoms with Crippen LogP contribution in [0.25, 0.3) is 0 Å². The second-order valence-corrected chi connectivity index (χ2v) is 8.69. The number of carbonyl (C=O) groups is 1. The first-order valence-corrected chi connectivity index (χ1v) is 9.55. The molecular formula is C20H30O3. The molecule has 3 saturated carbocycles. The van der Waals surface area contributed by atoms with Gasteiger partial charge in [-0.05, 0) is 75.0 Å². The molecule has 3 heteroatoms. The van der Waals surface area contributed by atoms with E-state index in [1.165, 1.54) is 38.5 Å². The Hall–Kier alpha value is -0.830. The molecular weight excluding hydrogens is 288 g/mol. The average molecular weight is 318 g/mol. The fraction of sp³-hybridized carbons (Fsp3) is 0.850. The molecule has 4 rings (SSSR count). The summed E-state index contributed by atoms with van der Waals surface area (Å²) in [5, 5.41) is 9.93. The largest absolute Gasteiger partial charge is 0.462 e. The molecule has 0 heterocycles. The third-order valence-electron chi connectivity index (χ3n) is 7.65. The highest BCUT2D eigenvalue weighted by Crippen LogP contribution is 2.62. The van der Waals surface area contributed by atoms with E-state index in [9.17, 15) is 9.90 Å². The molecule has 128 valence electrons. The Bertz CT molecular complexity index is 525. The normalized spacial score (nSPS) is 48.7. The van der Waals surface area contributed by atoms with Crippen LogP contribution in [0.4, 0.5) is 0 Å². The van der Waals surface area contributed by atoms with Gasteiger partial charge in [0, 0.05) is 12.3 Å². The van der Waals surface area contributed by atoms with Gasteiger partial charge in [-0.3, -0.25) is 4.79 Å². The highest BCUT2D eigenvalue weighted by Gasteiger charge is 2.57. The number of aliphatic hydroxyl groups excluding tert-OH is 1. The first-order valence-electron chi connectivity index (χ1n) is 9.55. The number of hydrogen-bond acceptors (Lipinski definition) is 3. The summed E-state index contributed by atoms with van der Waals surface area (Å²) in [5.41, 5.74) is 1.74. The summed E-state index contributed by atoms with van der Waals surface area (Å²) in [4.78, 5) is 11.5. The molecule has 3 nitrogen and oxygen atoms in total. The van der Waals surface area contributed by atoms with Gasteiger partial charge >= 0.3 is 5.97 Å². The summed E-state index contributed by atoms with van der Waals surface area (Å²) in [6.07, 6.45) is 11.4. The van der Waals surface area contributed by atoms with Crippen molar-refractivity contribution in [2.45, 2.75) is 77.4 Å². The molecule has 0 radical (unpaired) electrons. The summed E-state index contributed by atoms with van der Waals surface area (Å²) in [6.45, 7) is 3.93. The van der Waals surface area contributed by atoms with Crippen LogP contribution >= 0.6 is 0 Å². The first kappa shape index (κ1) is 15.7. The van der Waals surface area contributed by atoms with Gasteiger partial charge in [-0.1, -0.05) is 18.6 Å². The second-order valence-electron chi connectivity index (χ2n) is 8.69. The predicted octanol–water partition coefficient (Wildman–Crippen LogP) is 3.85. The monoisotopic (exact) mass is 318 g/mol. The molecule has 4 aliphatic rings. The van der Waals surface area contributed by atoms with Gasteiger partial charge in [0.1, 0.15) is 6.10 Å². The van der Waals surface area contributed by atoms with Crippen molar-refractivity contribution in [1.82, 2.24) is 0 Å². The molecule has 1 unspecified atom stereocenters. The smallest absolute Gasteiger partial charge is 0.302 e. The van der Waals surface area contributed by atoms with E-state index in [0.717, 1.165) is 36.5 Å². The molecule has 0 aliphatic heterocycles. The van der Waals surface area contributed by atoms with Crippen LogP contribution < -0.4 is 0 Å². The summed E-state index contributed by atoms with van der Waals surface area (Å²) >= 11 is 0. The molecule has 0 amide bonds. The van der Waals surface area contributed by atoms with Crippen LogP contribution in [0.1, 0.15) is 65.2 Å². The number of rotatable bonds is 1. The highest BCUT2D eigenvalue weighted by molar-refractivity contribution is 5.66. The van der Waals surface area contributed by atoms with Crippen LogP contribution in [-0.2, 0) is 9.53 Å². The molecule has 1 N–H and O–H groups in total. The van der Waals surface area contributed by atoms with Crippen molar-refractivity contribution in [3.05, 3.63) is 11.6 Å². The minimum Gasteiger partial charge on any atom is -0.462 e. The number of hydrogen-bond donors (Lipinski definition) is 1. The minimum atomic E-state index is -0.202. The van der Waals surface area contributed by atoms with Crippen molar-refractivity contribution in [3.63, 3.8) is 0 Å². The third-order valence-corrected chi connectivity index (χ3v) is 7.65. The van der Waals surface area contributed by atoms with Gasteiger partial charge in [-0.15, -0.1) is 0 Å². The van der Waals surface area contributed by atoms with E-state index in [2.05, 4.69) is 13.0 Å². The lowest BCUT2D eigenvalue weighted by molar-refractivity contribution is -0.156. The molecule has 3 fully saturated rings. The van der Waals surface area contributed by atoms with Crippen LogP contribution in [0.15, 0.2) is 11.6 Å². The fourth-order valence-electron chi connectivity index (χ4n) is 6.66. The highest BCUT2D eigenvalue weighted by atomic mass is 16.5. The van der Waals surface area contributed by atoms with E-state index in [4.69, 9.17) is 4.74 Å². The molecule has 23 heavy (non-hydrogen) atoms. The second kappa shape index (κ2) is 5.61. The maximum absolute atomic E-state index is 11.5. The SMILES string of the molecule is CC(=O)O[C@H]1CC[C@H]2[C@@H]3CCC4=CC(O)CC[C@@H]4[C@H]3CC[C@]12C. The van der Waals surface area contributed by atoms with Gasteiger partial charge in [-0.2, -0.15) is 0 Å². The number of carbonyl (C=O) groups excluding carboxylic acids is 1. The van der Waals surface area contributed by atoms with E-state index in [1.54, 1.807) is 12.5 Å². The fourth-order valence-corrected chi connectivity index (χ4v) is 6.66. The van der Waals surface area contributed by atoms with Gasteiger partial charge in [0.2, 0.25) is 0 Å². The summed E-state index contributed by atoms with van der Waals surface area (Å²) in [6, 6.07) is 0. The maximum Gasteiger partial charge on any atom is 0.302 e. The number of fused-ring (bicyclic) bond motifs is 5. The summed E-state index contributed by atoms with van der Waals surface area (Å²) < 4.78 is 5.70. The zero-order valence-corrected chi connectivity index (χ0v) is 14.5. The molecule has 0 aromatic heterocycles. The number of ether oxygens (including phenoxy) is 1. The first-order chi connectivity index (χ1) is 11.0. The number of aliphatic hydroxyl groups is 1. The minimum absolute atomic E-state index is 0.117. The predicted molar refractivity (Wildman–Crippen MR) is 88.6 cm³/mol. The van der Waals surface area contributed by atoms with E-state index in [0.29, 0.717) is 0 Å². The molecule has 7 atom stereocenters. The standard InChI is InChI=1S/C20H30O3/c1-12(21)23-19-8-7-18-17-5-3-13-11-14(22)4-6-15(13)16(17)9-10-20(18,19)2/h11,14-19,22H,3-10H2,1-2H3/t14?,15-,16+,17+,18-,19-,20-/m0/s1. The maximum atomic E-state index is 11.5. The quantitative estimate of drug-likeness (QED) is 0.590. The Balaban J connectivity index is 1.56. The third kappa shape index (κ3) is 2.47. The van der Waals surface area contributed by atoms with E-state index >= 15 is 0 Å². The van der Waals surface area contributed by atoms with Gasteiger partial charge in [0.25, 0.3) is 0 Å². The molecule has 0 aromatic rings. The van der Waals surface area contributed by atoms with Crippen molar-refractivity contribution in [3.8, 4) is 0 Å². The van der Waals surface area contributed by atoms with Crippen molar-refractivity contribution in [1.29, 1.82) is 0 Å². The molecule has 0 spiro atoms. The lowest BCUT2D eigenvalue weighted by Crippen LogP contribution is -2.48. The van der Waals surface area contributed by atoms with Gasteiger partial charge in [0.05, 0.1) is 6.10 Å². The van der Waals surface area contributed by atoms with E-state index < -0.39 is 0 Å². The van der Waals surface area contributed by atoms with Crippen molar-refractivity contribution in [2.24, 2.45) is 29.1 Å².